The molecule has 3 N–H and O–H groups in total. The number of nitrogens with one attached hydrogen (secondary N) is 3. The third kappa shape index (κ3) is 4.89. The molecule has 0 aliphatic rings. The van der Waals surface area contributed by atoms with Gasteiger partial charge in [-0.1, -0.05) is 6.07 Å². The molecule has 7 heteroatoms. The summed E-state index contributed by atoms with van der Waals surface area (Å²) in [5.74, 6) is 0. The van der Waals surface area contributed by atoms with Gasteiger partial charge in [0, 0.05) is 12.2 Å². The Hall–Kier alpha value is -1.34. The maximum absolute atomic E-state index is 11.2. The van der Waals surface area contributed by atoms with Crippen molar-refractivity contribution in [2.45, 2.75) is 13.8 Å². The molecule has 5 nitrogen and oxygen atoms in total. The van der Waals surface area contributed by atoms with E-state index in [-0.39, 0.29) is 0 Å². The zero-order valence-electron chi connectivity index (χ0n) is 10.6. The molecule has 0 aromatic heterocycles. The van der Waals surface area contributed by atoms with Crippen molar-refractivity contribution in [2.24, 2.45) is 0 Å². The highest BCUT2D eigenvalue weighted by atomic mass is 32.2. The van der Waals surface area contributed by atoms with Crippen LogP contribution < -0.4 is 15.4 Å². The van der Waals surface area contributed by atoms with Gasteiger partial charge in [-0.05, 0) is 43.8 Å². The molecular formula is C11H17N3O2S2. The monoisotopic (exact) mass is 287 g/mol. The molecule has 0 amide bonds. The van der Waals surface area contributed by atoms with Crippen LogP contribution in [0, 0.1) is 6.92 Å². The first-order valence-electron chi connectivity index (χ1n) is 5.45. The second kappa shape index (κ2) is 6.01. The van der Waals surface area contributed by atoms with E-state index in [1.165, 1.54) is 0 Å². The van der Waals surface area contributed by atoms with E-state index in [0.29, 0.717) is 10.8 Å². The number of aryl methyl sites for hydroxylation is 1. The molecular weight excluding hydrogens is 270 g/mol. The first-order valence-corrected chi connectivity index (χ1v) is 7.75. The van der Waals surface area contributed by atoms with Gasteiger partial charge in [0.25, 0.3) is 0 Å². The summed E-state index contributed by atoms with van der Waals surface area (Å²) in [4.78, 5) is 0. The lowest BCUT2D eigenvalue weighted by Gasteiger charge is -2.12. The Balaban J connectivity index is 2.90. The third-order valence-electron chi connectivity index (χ3n) is 2.13. The van der Waals surface area contributed by atoms with Crippen molar-refractivity contribution < 1.29 is 8.42 Å². The fraction of sp³-hybridized carbons (Fsp3) is 0.364. The number of thiocarbonyl (C=S) groups is 1. The fourth-order valence-corrected chi connectivity index (χ4v) is 2.23. The summed E-state index contributed by atoms with van der Waals surface area (Å²) in [6.07, 6.45) is 1.12. The lowest BCUT2D eigenvalue weighted by Crippen LogP contribution is -2.27. The van der Waals surface area contributed by atoms with E-state index < -0.39 is 10.0 Å². The van der Waals surface area contributed by atoms with E-state index in [1.807, 2.05) is 26.0 Å². The zero-order chi connectivity index (χ0) is 13.8. The van der Waals surface area contributed by atoms with Crippen LogP contribution in [-0.2, 0) is 10.0 Å². The first kappa shape index (κ1) is 14.7. The Bertz CT molecular complexity index is 541. The van der Waals surface area contributed by atoms with Crippen LogP contribution in [0.15, 0.2) is 18.2 Å². The molecule has 0 aliphatic carbocycles. The van der Waals surface area contributed by atoms with E-state index in [4.69, 9.17) is 12.2 Å². The Morgan fingerprint density at radius 2 is 2.06 bits per heavy atom. The average Bonchev–Trinajstić information content (AvgIpc) is 2.21. The van der Waals surface area contributed by atoms with Crippen LogP contribution in [0.1, 0.15) is 12.5 Å². The number of benzene rings is 1. The van der Waals surface area contributed by atoms with Crippen LogP contribution in [0.5, 0.6) is 0 Å². The summed E-state index contributed by atoms with van der Waals surface area (Å²) in [5.41, 5.74) is 2.12. The standard InChI is InChI=1S/C11H17N3O2S2/c1-4-12-11(17)13-9-6-5-8(2)10(7-9)14-18(3,15)16/h5-7,14H,4H2,1-3H3,(H2,12,13,17). The molecule has 0 heterocycles. The molecule has 0 radical (unpaired) electrons. The maximum Gasteiger partial charge on any atom is 0.229 e. The zero-order valence-corrected chi connectivity index (χ0v) is 12.2. The molecule has 0 aliphatic heterocycles. The summed E-state index contributed by atoms with van der Waals surface area (Å²) < 4.78 is 24.9. The first-order chi connectivity index (χ1) is 8.31. The molecule has 0 fully saturated rings. The number of rotatable bonds is 4. The van der Waals surface area contributed by atoms with Gasteiger partial charge < -0.3 is 10.6 Å². The molecule has 0 atom stereocenters. The van der Waals surface area contributed by atoms with Crippen LogP contribution in [0.25, 0.3) is 0 Å². The van der Waals surface area contributed by atoms with E-state index in [1.54, 1.807) is 6.07 Å². The molecule has 1 rings (SSSR count). The molecule has 0 unspecified atom stereocenters. The van der Waals surface area contributed by atoms with Crippen molar-refractivity contribution in [3.63, 3.8) is 0 Å². The van der Waals surface area contributed by atoms with Crippen molar-refractivity contribution >= 4 is 38.7 Å². The van der Waals surface area contributed by atoms with Gasteiger partial charge in [-0.3, -0.25) is 4.72 Å². The minimum absolute atomic E-state index is 0.506. The minimum Gasteiger partial charge on any atom is -0.363 e. The predicted molar refractivity (Wildman–Crippen MR) is 79.5 cm³/mol. The van der Waals surface area contributed by atoms with Crippen LogP contribution in [0.3, 0.4) is 0 Å². The Morgan fingerprint density at radius 1 is 1.39 bits per heavy atom. The highest BCUT2D eigenvalue weighted by Crippen LogP contribution is 2.21. The largest absolute Gasteiger partial charge is 0.363 e. The van der Waals surface area contributed by atoms with E-state index in [9.17, 15) is 8.42 Å². The highest BCUT2D eigenvalue weighted by molar-refractivity contribution is 7.92. The second-order valence-corrected chi connectivity index (χ2v) is 6.05. The predicted octanol–water partition coefficient (Wildman–Crippen LogP) is 1.67. The van der Waals surface area contributed by atoms with Crippen LogP contribution in [0.2, 0.25) is 0 Å². The number of hydrogen-bond donors (Lipinski definition) is 3. The molecule has 0 bridgehead atoms. The Kier molecular flexibility index (Phi) is 4.92. The van der Waals surface area contributed by atoms with Crippen molar-refractivity contribution in [1.29, 1.82) is 0 Å². The minimum atomic E-state index is -3.28. The number of anilines is 2. The van der Waals surface area contributed by atoms with Crippen molar-refractivity contribution in [3.05, 3.63) is 23.8 Å². The van der Waals surface area contributed by atoms with Gasteiger partial charge in [0.2, 0.25) is 10.0 Å². The van der Waals surface area contributed by atoms with Crippen molar-refractivity contribution in [2.75, 3.05) is 22.8 Å². The number of sulfonamides is 1. The van der Waals surface area contributed by atoms with E-state index in [0.717, 1.165) is 24.1 Å². The lowest BCUT2D eigenvalue weighted by molar-refractivity contribution is 0.607. The Morgan fingerprint density at radius 3 is 2.61 bits per heavy atom. The van der Waals surface area contributed by atoms with E-state index in [2.05, 4.69) is 15.4 Å². The van der Waals surface area contributed by atoms with Gasteiger partial charge >= 0.3 is 0 Å². The molecule has 18 heavy (non-hydrogen) atoms. The van der Waals surface area contributed by atoms with Crippen LogP contribution in [0.4, 0.5) is 11.4 Å². The summed E-state index contributed by atoms with van der Waals surface area (Å²) in [7, 11) is -3.28. The van der Waals surface area contributed by atoms with Gasteiger partial charge in [0.1, 0.15) is 0 Å². The normalized spacial score (nSPS) is 10.8. The SMILES string of the molecule is CCNC(=S)Nc1ccc(C)c(NS(C)(=O)=O)c1. The van der Waals surface area contributed by atoms with Crippen molar-refractivity contribution in [1.82, 2.24) is 5.32 Å². The quantitative estimate of drug-likeness (QED) is 0.735. The lowest BCUT2D eigenvalue weighted by atomic mass is 10.2. The van der Waals surface area contributed by atoms with Crippen LogP contribution >= 0.6 is 12.2 Å². The molecule has 1 aromatic rings. The summed E-state index contributed by atoms with van der Waals surface area (Å²) >= 11 is 5.06. The molecule has 0 saturated carbocycles. The maximum atomic E-state index is 11.2. The molecule has 100 valence electrons. The van der Waals surface area contributed by atoms with Gasteiger partial charge in [-0.2, -0.15) is 0 Å². The molecule has 0 saturated heterocycles. The third-order valence-corrected chi connectivity index (χ3v) is 2.97. The summed E-state index contributed by atoms with van der Waals surface area (Å²) in [6.45, 7) is 4.51. The topological polar surface area (TPSA) is 70.2 Å². The van der Waals surface area contributed by atoms with Gasteiger partial charge in [0.15, 0.2) is 5.11 Å². The van der Waals surface area contributed by atoms with Gasteiger partial charge in [-0.25, -0.2) is 8.42 Å². The molecule has 0 spiro atoms. The second-order valence-electron chi connectivity index (χ2n) is 3.89. The highest BCUT2D eigenvalue weighted by Gasteiger charge is 2.06. The number of hydrogen-bond acceptors (Lipinski definition) is 3. The average molecular weight is 287 g/mol. The summed E-state index contributed by atoms with van der Waals surface area (Å²) in [6, 6.07) is 5.37. The fourth-order valence-electron chi connectivity index (χ4n) is 1.35. The Labute approximate surface area is 113 Å². The van der Waals surface area contributed by atoms with Crippen LogP contribution in [-0.4, -0.2) is 26.3 Å². The summed E-state index contributed by atoms with van der Waals surface area (Å²) in [5, 5.41) is 6.45. The van der Waals surface area contributed by atoms with Gasteiger partial charge in [0.05, 0.1) is 11.9 Å². The van der Waals surface area contributed by atoms with Gasteiger partial charge in [-0.15, -0.1) is 0 Å². The van der Waals surface area contributed by atoms with E-state index >= 15 is 0 Å². The van der Waals surface area contributed by atoms with Crippen molar-refractivity contribution in [3.8, 4) is 0 Å². The smallest absolute Gasteiger partial charge is 0.229 e. The molecule has 1 aromatic carbocycles.